The summed E-state index contributed by atoms with van der Waals surface area (Å²) in [6.45, 7) is 3.40. The summed E-state index contributed by atoms with van der Waals surface area (Å²) in [6.07, 6.45) is -2.95. The molecule has 0 saturated carbocycles. The van der Waals surface area contributed by atoms with Gasteiger partial charge in [-0.1, -0.05) is 0 Å². The first-order valence-electron chi connectivity index (χ1n) is 9.90. The van der Waals surface area contributed by atoms with Gasteiger partial charge in [-0.25, -0.2) is 14.8 Å². The molecule has 10 nitrogen and oxygen atoms in total. The Labute approximate surface area is 180 Å². The van der Waals surface area contributed by atoms with Crippen LogP contribution in [0.4, 0.5) is 18.0 Å². The molecule has 0 spiro atoms. The van der Waals surface area contributed by atoms with Crippen molar-refractivity contribution in [3.8, 4) is 0 Å². The van der Waals surface area contributed by atoms with Gasteiger partial charge in [-0.15, -0.1) is 0 Å². The van der Waals surface area contributed by atoms with Gasteiger partial charge in [0.25, 0.3) is 5.91 Å². The van der Waals surface area contributed by atoms with Crippen molar-refractivity contribution in [1.29, 1.82) is 0 Å². The van der Waals surface area contributed by atoms with Crippen molar-refractivity contribution in [2.45, 2.75) is 45.2 Å². The Morgan fingerprint density at radius 1 is 1.28 bits per heavy atom. The van der Waals surface area contributed by atoms with Crippen molar-refractivity contribution in [2.24, 2.45) is 0 Å². The van der Waals surface area contributed by atoms with Crippen LogP contribution in [0.3, 0.4) is 0 Å². The van der Waals surface area contributed by atoms with Crippen molar-refractivity contribution in [2.75, 3.05) is 6.54 Å². The molecule has 0 aromatic carbocycles. The van der Waals surface area contributed by atoms with Crippen LogP contribution in [0.5, 0.6) is 0 Å². The zero-order chi connectivity index (χ0) is 23.0. The van der Waals surface area contributed by atoms with Gasteiger partial charge in [-0.2, -0.15) is 18.3 Å². The topological polar surface area (TPSA) is 121 Å². The van der Waals surface area contributed by atoms with Crippen LogP contribution in [-0.2, 0) is 13.1 Å². The lowest BCUT2D eigenvalue weighted by Gasteiger charge is -2.15. The number of aromatic amines is 1. The van der Waals surface area contributed by atoms with Gasteiger partial charge in [0.1, 0.15) is 17.6 Å². The van der Waals surface area contributed by atoms with Crippen molar-refractivity contribution >= 4 is 23.1 Å². The number of H-pyrrole nitrogens is 1. The summed E-state index contributed by atoms with van der Waals surface area (Å²) in [5.41, 5.74) is 1.77. The average molecular weight is 450 g/mol. The van der Waals surface area contributed by atoms with E-state index < -0.39 is 24.8 Å². The summed E-state index contributed by atoms with van der Waals surface area (Å²) < 4.78 is 40.1. The zero-order valence-corrected chi connectivity index (χ0v) is 17.3. The molecule has 1 unspecified atom stereocenters. The normalized spacial score (nSPS) is 16.8. The van der Waals surface area contributed by atoms with E-state index in [9.17, 15) is 22.8 Å². The summed E-state index contributed by atoms with van der Waals surface area (Å²) in [4.78, 5) is 37.0. The van der Waals surface area contributed by atoms with Crippen LogP contribution in [0.25, 0.3) is 11.2 Å². The Morgan fingerprint density at radius 3 is 2.75 bits per heavy atom. The number of nitrogens with one attached hydrogen (secondary N) is 3. The third-order valence-electron chi connectivity index (χ3n) is 5.00. The molecule has 4 rings (SSSR count). The second-order valence-corrected chi connectivity index (χ2v) is 7.72. The number of alkyl halides is 3. The highest BCUT2D eigenvalue weighted by atomic mass is 19.4. The minimum atomic E-state index is -4.50. The molecular formula is C19H21F3N8O2. The van der Waals surface area contributed by atoms with E-state index in [0.29, 0.717) is 28.4 Å². The molecule has 170 valence electrons. The molecule has 1 atom stereocenters. The fourth-order valence-corrected chi connectivity index (χ4v) is 3.42. The number of halogens is 3. The molecule has 0 bridgehead atoms. The number of pyridine rings is 1. The first-order valence-corrected chi connectivity index (χ1v) is 9.90. The maximum Gasteiger partial charge on any atom is 0.410 e. The Morgan fingerprint density at radius 2 is 2.06 bits per heavy atom. The number of carbonyl (C=O) groups excluding carboxylic acids is 2. The molecule has 0 aliphatic carbocycles. The standard InChI is InChI=1S/C19H21F3N8O2/c1-10(2)30-13(5-6-24-30)17(31)23-7-15-26-12-4-3-11(25-16(12)28-15)8-29-9-14(19(20,21)22)27-18(29)32/h3-6,10,14H,7-9H2,1-2H3,(H,23,31)(H,27,32)(H,25,26,28). The number of amides is 3. The van der Waals surface area contributed by atoms with E-state index in [1.165, 1.54) is 0 Å². The van der Waals surface area contributed by atoms with E-state index in [0.717, 1.165) is 4.90 Å². The molecule has 0 radical (unpaired) electrons. The van der Waals surface area contributed by atoms with Gasteiger partial charge < -0.3 is 20.5 Å². The van der Waals surface area contributed by atoms with E-state index in [2.05, 4.69) is 25.4 Å². The number of hydrogen-bond donors (Lipinski definition) is 3. The van der Waals surface area contributed by atoms with Gasteiger partial charge in [-0.05, 0) is 32.0 Å². The molecule has 1 fully saturated rings. The number of fused-ring (bicyclic) bond motifs is 1. The van der Waals surface area contributed by atoms with E-state index in [1.54, 1.807) is 29.1 Å². The van der Waals surface area contributed by atoms with Crippen LogP contribution in [0.15, 0.2) is 24.4 Å². The maximum absolute atomic E-state index is 12.8. The minimum absolute atomic E-state index is 0.0312. The van der Waals surface area contributed by atoms with Gasteiger partial charge in [-0.3, -0.25) is 9.48 Å². The van der Waals surface area contributed by atoms with Crippen molar-refractivity contribution in [3.63, 3.8) is 0 Å². The average Bonchev–Trinajstić information content (AvgIpc) is 3.44. The van der Waals surface area contributed by atoms with E-state index >= 15 is 0 Å². The summed E-state index contributed by atoms with van der Waals surface area (Å²) in [7, 11) is 0. The summed E-state index contributed by atoms with van der Waals surface area (Å²) in [6, 6.07) is 2.26. The summed E-state index contributed by atoms with van der Waals surface area (Å²) >= 11 is 0. The molecule has 3 N–H and O–H groups in total. The van der Waals surface area contributed by atoms with Crippen LogP contribution < -0.4 is 10.6 Å². The van der Waals surface area contributed by atoms with Crippen LogP contribution >= 0.6 is 0 Å². The Kier molecular flexibility index (Phi) is 5.48. The number of carbonyl (C=O) groups is 2. The third-order valence-corrected chi connectivity index (χ3v) is 5.00. The Hall–Kier alpha value is -3.64. The van der Waals surface area contributed by atoms with Crippen LogP contribution in [0.1, 0.15) is 41.9 Å². The third kappa shape index (κ3) is 4.36. The van der Waals surface area contributed by atoms with Gasteiger partial charge in [0.2, 0.25) is 0 Å². The SMILES string of the molecule is CC(C)n1nccc1C(=O)NCc1nc2nc(CN3CC(C(F)(F)F)NC3=O)ccc2[nH]1. The van der Waals surface area contributed by atoms with Crippen LogP contribution in [0.2, 0.25) is 0 Å². The molecular weight excluding hydrogens is 429 g/mol. The molecule has 13 heteroatoms. The number of hydrogen-bond acceptors (Lipinski definition) is 5. The number of urea groups is 1. The smallest absolute Gasteiger partial charge is 0.343 e. The number of aromatic nitrogens is 5. The molecule has 1 saturated heterocycles. The van der Waals surface area contributed by atoms with Crippen molar-refractivity contribution in [3.05, 3.63) is 41.6 Å². The van der Waals surface area contributed by atoms with Gasteiger partial charge in [0.15, 0.2) is 5.65 Å². The summed E-state index contributed by atoms with van der Waals surface area (Å²) in [5.74, 6) is 0.161. The Balaban J connectivity index is 1.41. The molecule has 4 heterocycles. The number of imidazole rings is 1. The Bertz CT molecular complexity index is 1150. The molecule has 1 aliphatic rings. The number of nitrogens with zero attached hydrogens (tertiary/aromatic N) is 5. The fraction of sp³-hybridized carbons (Fsp3) is 0.421. The first-order chi connectivity index (χ1) is 15.1. The van der Waals surface area contributed by atoms with Gasteiger partial charge in [0, 0.05) is 12.2 Å². The van der Waals surface area contributed by atoms with Crippen molar-refractivity contribution < 1.29 is 22.8 Å². The van der Waals surface area contributed by atoms with Gasteiger partial charge >= 0.3 is 12.2 Å². The highest BCUT2D eigenvalue weighted by Crippen LogP contribution is 2.25. The fourth-order valence-electron chi connectivity index (χ4n) is 3.42. The quantitative estimate of drug-likeness (QED) is 0.531. The van der Waals surface area contributed by atoms with Crippen molar-refractivity contribution in [1.82, 2.24) is 40.3 Å². The summed E-state index contributed by atoms with van der Waals surface area (Å²) in [5, 5.41) is 8.82. The highest BCUT2D eigenvalue weighted by Gasteiger charge is 2.46. The molecule has 32 heavy (non-hydrogen) atoms. The lowest BCUT2D eigenvalue weighted by Crippen LogP contribution is -2.40. The predicted octanol–water partition coefficient (Wildman–Crippen LogP) is 2.12. The van der Waals surface area contributed by atoms with E-state index in [-0.39, 0.29) is 25.0 Å². The van der Waals surface area contributed by atoms with E-state index in [4.69, 9.17) is 0 Å². The van der Waals surface area contributed by atoms with Gasteiger partial charge in [0.05, 0.1) is 30.8 Å². The van der Waals surface area contributed by atoms with E-state index in [1.807, 2.05) is 19.2 Å². The lowest BCUT2D eigenvalue weighted by molar-refractivity contribution is -0.149. The first kappa shape index (κ1) is 21.6. The molecule has 3 amide bonds. The highest BCUT2D eigenvalue weighted by molar-refractivity contribution is 5.92. The second-order valence-electron chi connectivity index (χ2n) is 7.72. The lowest BCUT2D eigenvalue weighted by atomic mass is 10.3. The molecule has 3 aromatic heterocycles. The monoisotopic (exact) mass is 450 g/mol. The number of rotatable bonds is 6. The molecule has 3 aromatic rings. The van der Waals surface area contributed by atoms with Crippen LogP contribution in [0, 0.1) is 0 Å². The minimum Gasteiger partial charge on any atom is -0.343 e. The second kappa shape index (κ2) is 8.13. The largest absolute Gasteiger partial charge is 0.410 e. The zero-order valence-electron chi connectivity index (χ0n) is 17.3. The van der Waals surface area contributed by atoms with Crippen LogP contribution in [-0.4, -0.2) is 60.3 Å². The maximum atomic E-state index is 12.8. The predicted molar refractivity (Wildman–Crippen MR) is 106 cm³/mol. The molecule has 1 aliphatic heterocycles.